The van der Waals surface area contributed by atoms with Crippen LogP contribution in [-0.4, -0.2) is 37.4 Å². The number of aliphatic hydroxyl groups is 1. The van der Waals surface area contributed by atoms with Crippen LogP contribution in [0.4, 0.5) is 0 Å². The Balaban J connectivity index is 1.80. The maximum Gasteiger partial charge on any atom is 0.224 e. The summed E-state index contributed by atoms with van der Waals surface area (Å²) in [5.74, 6) is 1.58. The molecule has 2 aliphatic carbocycles. The summed E-state index contributed by atoms with van der Waals surface area (Å²) in [6, 6.07) is -0.250. The molecule has 2 fully saturated rings. The van der Waals surface area contributed by atoms with Crippen LogP contribution in [0.1, 0.15) is 25.7 Å². The van der Waals surface area contributed by atoms with E-state index in [2.05, 4.69) is 5.32 Å². The van der Waals surface area contributed by atoms with Crippen LogP contribution in [0.3, 0.4) is 0 Å². The summed E-state index contributed by atoms with van der Waals surface area (Å²) in [5, 5.41) is 11.9. The predicted molar refractivity (Wildman–Crippen MR) is 59.8 cm³/mol. The third kappa shape index (κ3) is 2.38. The molecule has 0 bridgehead atoms. The van der Waals surface area contributed by atoms with Gasteiger partial charge in [-0.3, -0.25) is 4.79 Å². The minimum absolute atomic E-state index is 0.0539. The summed E-state index contributed by atoms with van der Waals surface area (Å²) in [4.78, 5) is 11.9. The molecule has 0 heterocycles. The van der Waals surface area contributed by atoms with Crippen LogP contribution in [0.25, 0.3) is 0 Å². The largest absolute Gasteiger partial charge is 0.394 e. The lowest BCUT2D eigenvalue weighted by Crippen LogP contribution is -2.41. The Kier molecular flexibility index (Phi) is 3.82. The van der Waals surface area contributed by atoms with Crippen LogP contribution in [0.5, 0.6) is 0 Å². The molecular weight excluding hydrogens is 206 g/mol. The predicted octanol–water partition coefficient (Wildman–Crippen LogP) is 0.546. The van der Waals surface area contributed by atoms with Crippen LogP contribution in [0.15, 0.2) is 0 Å². The molecule has 0 aliphatic heterocycles. The van der Waals surface area contributed by atoms with E-state index in [1.165, 1.54) is 25.7 Å². The fourth-order valence-corrected chi connectivity index (χ4v) is 3.02. The Bertz CT molecular complexity index is 245. The highest BCUT2D eigenvalue weighted by molar-refractivity contribution is 5.82. The van der Waals surface area contributed by atoms with Crippen molar-refractivity contribution in [2.24, 2.45) is 17.8 Å². The molecule has 4 heteroatoms. The third-order valence-electron chi connectivity index (χ3n) is 3.89. The molecule has 2 saturated carbocycles. The molecule has 2 aliphatic rings. The molecule has 16 heavy (non-hydrogen) atoms. The second-order valence-electron chi connectivity index (χ2n) is 4.98. The van der Waals surface area contributed by atoms with E-state index in [1.54, 1.807) is 7.11 Å². The summed E-state index contributed by atoms with van der Waals surface area (Å²) in [7, 11) is 1.58. The molecule has 92 valence electrons. The first kappa shape index (κ1) is 11.9. The lowest BCUT2D eigenvalue weighted by Gasteiger charge is -2.15. The SMILES string of the molecule is COCC(CO)NC(=O)C1C2CCCCC21. The number of rotatable bonds is 5. The number of fused-ring (bicyclic) bond motifs is 1. The van der Waals surface area contributed by atoms with Gasteiger partial charge in [-0.2, -0.15) is 0 Å². The normalized spacial score (nSPS) is 34.0. The molecular formula is C12H21NO3. The zero-order valence-corrected chi connectivity index (χ0v) is 9.82. The van der Waals surface area contributed by atoms with E-state index in [9.17, 15) is 4.79 Å². The van der Waals surface area contributed by atoms with Gasteiger partial charge in [0.25, 0.3) is 0 Å². The number of amides is 1. The highest BCUT2D eigenvalue weighted by Crippen LogP contribution is 2.55. The molecule has 0 radical (unpaired) electrons. The minimum atomic E-state index is -0.250. The fourth-order valence-electron chi connectivity index (χ4n) is 3.02. The fraction of sp³-hybridized carbons (Fsp3) is 0.917. The Labute approximate surface area is 96.4 Å². The molecule has 0 saturated heterocycles. The summed E-state index contributed by atoms with van der Waals surface area (Å²) in [6.45, 7) is 0.325. The quantitative estimate of drug-likeness (QED) is 0.721. The monoisotopic (exact) mass is 227 g/mol. The Morgan fingerprint density at radius 2 is 2.06 bits per heavy atom. The molecule has 1 amide bonds. The molecule has 0 aromatic heterocycles. The first-order valence-electron chi connectivity index (χ1n) is 6.18. The number of ether oxygens (including phenoxy) is 1. The van der Waals surface area contributed by atoms with E-state index in [-0.39, 0.29) is 24.5 Å². The van der Waals surface area contributed by atoms with E-state index in [1.807, 2.05) is 0 Å². The van der Waals surface area contributed by atoms with E-state index >= 15 is 0 Å². The van der Waals surface area contributed by atoms with E-state index in [0.717, 1.165) is 0 Å². The summed E-state index contributed by atoms with van der Waals surface area (Å²) in [6.07, 6.45) is 4.95. The smallest absolute Gasteiger partial charge is 0.224 e. The number of aliphatic hydroxyl groups excluding tert-OH is 1. The number of hydrogen-bond acceptors (Lipinski definition) is 3. The van der Waals surface area contributed by atoms with Gasteiger partial charge in [-0.25, -0.2) is 0 Å². The highest BCUT2D eigenvalue weighted by atomic mass is 16.5. The second kappa shape index (κ2) is 5.15. The van der Waals surface area contributed by atoms with Crippen molar-refractivity contribution in [3.63, 3.8) is 0 Å². The molecule has 4 nitrogen and oxygen atoms in total. The molecule has 3 atom stereocenters. The van der Waals surface area contributed by atoms with Gasteiger partial charge in [0.2, 0.25) is 5.91 Å². The van der Waals surface area contributed by atoms with E-state index < -0.39 is 0 Å². The van der Waals surface area contributed by atoms with Gasteiger partial charge in [0, 0.05) is 13.0 Å². The van der Waals surface area contributed by atoms with Gasteiger partial charge in [0.05, 0.1) is 19.3 Å². The van der Waals surface area contributed by atoms with Gasteiger partial charge in [-0.1, -0.05) is 12.8 Å². The minimum Gasteiger partial charge on any atom is -0.394 e. The van der Waals surface area contributed by atoms with Crippen molar-refractivity contribution in [3.05, 3.63) is 0 Å². The van der Waals surface area contributed by atoms with Crippen molar-refractivity contribution in [3.8, 4) is 0 Å². The molecule has 0 aromatic rings. The topological polar surface area (TPSA) is 58.6 Å². The maximum absolute atomic E-state index is 11.9. The maximum atomic E-state index is 11.9. The van der Waals surface area contributed by atoms with Gasteiger partial charge < -0.3 is 15.2 Å². The van der Waals surface area contributed by atoms with Gasteiger partial charge in [-0.05, 0) is 24.7 Å². The summed E-state index contributed by atoms with van der Waals surface area (Å²) < 4.78 is 4.94. The standard InChI is InChI=1S/C12H21NO3/c1-16-7-8(6-14)13-12(15)11-9-4-2-3-5-10(9)11/h8-11,14H,2-7H2,1H3,(H,13,15). The second-order valence-corrected chi connectivity index (χ2v) is 4.98. The van der Waals surface area contributed by atoms with Crippen molar-refractivity contribution in [1.82, 2.24) is 5.32 Å². The summed E-state index contributed by atoms with van der Waals surface area (Å²) >= 11 is 0. The lowest BCUT2D eigenvalue weighted by atomic mass is 10.0. The average molecular weight is 227 g/mol. The van der Waals surface area contributed by atoms with E-state index in [0.29, 0.717) is 18.4 Å². The van der Waals surface area contributed by atoms with Gasteiger partial charge in [0.15, 0.2) is 0 Å². The number of hydrogen-bond donors (Lipinski definition) is 2. The zero-order chi connectivity index (χ0) is 11.5. The third-order valence-corrected chi connectivity index (χ3v) is 3.89. The van der Waals surface area contributed by atoms with Crippen LogP contribution in [0.2, 0.25) is 0 Å². The van der Waals surface area contributed by atoms with Crippen molar-refractivity contribution in [2.75, 3.05) is 20.3 Å². The van der Waals surface area contributed by atoms with Crippen molar-refractivity contribution >= 4 is 5.91 Å². The number of nitrogens with one attached hydrogen (secondary N) is 1. The zero-order valence-electron chi connectivity index (χ0n) is 9.82. The van der Waals surface area contributed by atoms with E-state index in [4.69, 9.17) is 9.84 Å². The van der Waals surface area contributed by atoms with Gasteiger partial charge in [0.1, 0.15) is 0 Å². The first-order chi connectivity index (χ1) is 7.77. The van der Waals surface area contributed by atoms with Crippen LogP contribution in [0, 0.1) is 17.8 Å². The molecule has 0 aromatic carbocycles. The van der Waals surface area contributed by atoms with Gasteiger partial charge >= 0.3 is 0 Å². The molecule has 3 unspecified atom stereocenters. The Hall–Kier alpha value is -0.610. The lowest BCUT2D eigenvalue weighted by molar-refractivity contribution is -0.124. The van der Waals surface area contributed by atoms with Crippen LogP contribution >= 0.6 is 0 Å². The van der Waals surface area contributed by atoms with Crippen LogP contribution < -0.4 is 5.32 Å². The highest BCUT2D eigenvalue weighted by Gasteiger charge is 2.54. The average Bonchev–Trinajstić information content (AvgIpc) is 3.02. The number of methoxy groups -OCH3 is 1. The number of carbonyl (C=O) groups is 1. The summed E-state index contributed by atoms with van der Waals surface area (Å²) in [5.41, 5.74) is 0. The molecule has 0 spiro atoms. The molecule has 2 N–H and O–H groups in total. The Morgan fingerprint density at radius 3 is 2.56 bits per heavy atom. The van der Waals surface area contributed by atoms with Gasteiger partial charge in [-0.15, -0.1) is 0 Å². The Morgan fingerprint density at radius 1 is 1.44 bits per heavy atom. The van der Waals surface area contributed by atoms with Crippen LogP contribution in [-0.2, 0) is 9.53 Å². The first-order valence-corrected chi connectivity index (χ1v) is 6.18. The van der Waals surface area contributed by atoms with Crippen molar-refractivity contribution in [2.45, 2.75) is 31.7 Å². The van der Waals surface area contributed by atoms with Crippen molar-refractivity contribution in [1.29, 1.82) is 0 Å². The molecule has 2 rings (SSSR count). The van der Waals surface area contributed by atoms with Crippen molar-refractivity contribution < 1.29 is 14.6 Å². The number of carbonyl (C=O) groups excluding carboxylic acids is 1.